The van der Waals surface area contributed by atoms with Crippen molar-refractivity contribution in [2.24, 2.45) is 0 Å². The summed E-state index contributed by atoms with van der Waals surface area (Å²) in [4.78, 5) is 37.1. The van der Waals surface area contributed by atoms with E-state index in [1.54, 1.807) is 36.4 Å². The molecule has 0 atom stereocenters. The number of anilines is 1. The van der Waals surface area contributed by atoms with E-state index in [2.05, 4.69) is 10.3 Å². The Morgan fingerprint density at radius 2 is 2.00 bits per heavy atom. The summed E-state index contributed by atoms with van der Waals surface area (Å²) < 4.78 is 4.94. The van der Waals surface area contributed by atoms with E-state index in [0.29, 0.717) is 28.8 Å². The predicted molar refractivity (Wildman–Crippen MR) is 90.2 cm³/mol. The first-order valence-electron chi connectivity index (χ1n) is 7.54. The molecular weight excluding hydrogens is 308 g/mol. The van der Waals surface area contributed by atoms with E-state index in [1.165, 1.54) is 6.92 Å². The van der Waals surface area contributed by atoms with Crippen molar-refractivity contribution in [3.63, 3.8) is 0 Å². The molecule has 3 aromatic rings. The molecule has 0 saturated heterocycles. The van der Waals surface area contributed by atoms with Gasteiger partial charge in [0, 0.05) is 17.7 Å². The highest BCUT2D eigenvalue weighted by Gasteiger charge is 2.07. The number of Topliss-reactive ketones (excluding diaryl/α,β-unsaturated/α-hetero) is 1. The first-order chi connectivity index (χ1) is 11.5. The van der Waals surface area contributed by atoms with Crippen LogP contribution >= 0.6 is 0 Å². The minimum absolute atomic E-state index is 0.0477. The maximum Gasteiger partial charge on any atom is 0.417 e. The largest absolute Gasteiger partial charge is 0.417 e. The number of aryl methyl sites for hydroxylation is 1. The molecule has 0 aliphatic rings. The molecule has 0 fully saturated rings. The highest BCUT2D eigenvalue weighted by atomic mass is 16.4. The molecule has 0 spiro atoms. The van der Waals surface area contributed by atoms with Crippen LogP contribution in [0.2, 0.25) is 0 Å². The summed E-state index contributed by atoms with van der Waals surface area (Å²) in [6, 6.07) is 12.2. The topological polar surface area (TPSA) is 92.2 Å². The molecule has 1 amide bonds. The molecule has 0 aliphatic carbocycles. The van der Waals surface area contributed by atoms with Gasteiger partial charge in [0.2, 0.25) is 5.91 Å². The highest BCUT2D eigenvalue weighted by molar-refractivity contribution is 5.97. The fourth-order valence-corrected chi connectivity index (χ4v) is 2.45. The van der Waals surface area contributed by atoms with Crippen molar-refractivity contribution in [2.75, 3.05) is 5.32 Å². The number of fused-ring (bicyclic) bond motifs is 1. The fourth-order valence-electron chi connectivity index (χ4n) is 2.45. The lowest BCUT2D eigenvalue weighted by atomic mass is 10.1. The van der Waals surface area contributed by atoms with Gasteiger partial charge >= 0.3 is 5.76 Å². The molecule has 0 unspecified atom stereocenters. The fraction of sp³-hybridized carbons (Fsp3) is 0.167. The van der Waals surface area contributed by atoms with Crippen LogP contribution < -0.4 is 11.1 Å². The number of oxazole rings is 1. The Kier molecular flexibility index (Phi) is 4.29. The third-order valence-electron chi connectivity index (χ3n) is 3.68. The van der Waals surface area contributed by atoms with Crippen molar-refractivity contribution in [3.8, 4) is 0 Å². The number of amides is 1. The van der Waals surface area contributed by atoms with Gasteiger partial charge in [0.25, 0.3) is 0 Å². The van der Waals surface area contributed by atoms with Crippen LogP contribution in [-0.4, -0.2) is 16.7 Å². The average molecular weight is 324 g/mol. The van der Waals surface area contributed by atoms with Gasteiger partial charge in [-0.3, -0.25) is 14.6 Å². The third kappa shape index (κ3) is 3.60. The number of hydrogen-bond donors (Lipinski definition) is 2. The molecule has 0 saturated carbocycles. The van der Waals surface area contributed by atoms with Crippen molar-refractivity contribution in [1.29, 1.82) is 0 Å². The molecule has 2 N–H and O–H groups in total. The molecule has 0 radical (unpaired) electrons. The number of H-pyrrole nitrogens is 1. The minimum atomic E-state index is -0.495. The molecule has 6 heteroatoms. The molecule has 1 aromatic heterocycles. The van der Waals surface area contributed by atoms with Crippen LogP contribution in [0.4, 0.5) is 5.69 Å². The van der Waals surface area contributed by atoms with E-state index in [1.807, 2.05) is 6.07 Å². The van der Waals surface area contributed by atoms with Gasteiger partial charge in [-0.1, -0.05) is 18.2 Å². The number of aromatic amines is 1. The van der Waals surface area contributed by atoms with Crippen molar-refractivity contribution in [1.82, 2.24) is 4.98 Å². The van der Waals surface area contributed by atoms with Crippen LogP contribution in [0, 0.1) is 0 Å². The van der Waals surface area contributed by atoms with Gasteiger partial charge in [0.1, 0.15) is 0 Å². The molecule has 24 heavy (non-hydrogen) atoms. The number of hydrogen-bond acceptors (Lipinski definition) is 4. The Bertz CT molecular complexity index is 968. The Morgan fingerprint density at radius 1 is 1.17 bits per heavy atom. The van der Waals surface area contributed by atoms with Crippen LogP contribution in [0.15, 0.2) is 51.7 Å². The second-order valence-corrected chi connectivity index (χ2v) is 5.53. The second-order valence-electron chi connectivity index (χ2n) is 5.53. The molecule has 122 valence electrons. The van der Waals surface area contributed by atoms with Gasteiger partial charge in [0.15, 0.2) is 11.4 Å². The number of nitrogens with one attached hydrogen (secondary N) is 2. The van der Waals surface area contributed by atoms with Crippen molar-refractivity contribution < 1.29 is 14.0 Å². The van der Waals surface area contributed by atoms with Crippen LogP contribution in [-0.2, 0) is 11.2 Å². The maximum atomic E-state index is 12.1. The zero-order valence-corrected chi connectivity index (χ0v) is 13.1. The first-order valence-corrected chi connectivity index (χ1v) is 7.54. The van der Waals surface area contributed by atoms with E-state index in [-0.39, 0.29) is 18.1 Å². The molecule has 6 nitrogen and oxygen atoms in total. The number of ketones is 1. The second kappa shape index (κ2) is 6.54. The number of rotatable bonds is 5. The van der Waals surface area contributed by atoms with Gasteiger partial charge < -0.3 is 9.73 Å². The van der Waals surface area contributed by atoms with Gasteiger partial charge in [0.05, 0.1) is 5.52 Å². The van der Waals surface area contributed by atoms with Gasteiger partial charge in [-0.2, -0.15) is 0 Å². The number of carbonyl (C=O) groups is 2. The van der Waals surface area contributed by atoms with E-state index in [9.17, 15) is 14.4 Å². The van der Waals surface area contributed by atoms with E-state index >= 15 is 0 Å². The summed E-state index contributed by atoms with van der Waals surface area (Å²) in [5, 5.41) is 2.78. The van der Waals surface area contributed by atoms with Crippen LogP contribution in [0.5, 0.6) is 0 Å². The van der Waals surface area contributed by atoms with Crippen LogP contribution in [0.25, 0.3) is 11.1 Å². The van der Waals surface area contributed by atoms with E-state index < -0.39 is 5.76 Å². The van der Waals surface area contributed by atoms with Gasteiger partial charge in [-0.25, -0.2) is 4.79 Å². The zero-order chi connectivity index (χ0) is 17.1. The lowest BCUT2D eigenvalue weighted by Crippen LogP contribution is -2.12. The van der Waals surface area contributed by atoms with Gasteiger partial charge in [-0.05, 0) is 43.2 Å². The first kappa shape index (κ1) is 15.7. The van der Waals surface area contributed by atoms with Crippen molar-refractivity contribution >= 4 is 28.5 Å². The molecular formula is C18H16N2O4. The normalized spacial score (nSPS) is 10.7. The van der Waals surface area contributed by atoms with E-state index in [4.69, 9.17) is 4.42 Å². The van der Waals surface area contributed by atoms with Crippen LogP contribution in [0.1, 0.15) is 29.3 Å². The minimum Gasteiger partial charge on any atom is -0.408 e. The predicted octanol–water partition coefficient (Wildman–Crippen LogP) is 2.90. The average Bonchev–Trinajstić information content (AvgIpc) is 2.92. The summed E-state index contributed by atoms with van der Waals surface area (Å²) in [7, 11) is 0. The monoisotopic (exact) mass is 324 g/mol. The van der Waals surface area contributed by atoms with Crippen molar-refractivity contribution in [3.05, 3.63) is 64.1 Å². The molecule has 0 bridgehead atoms. The molecule has 3 rings (SSSR count). The smallest absolute Gasteiger partial charge is 0.408 e. The van der Waals surface area contributed by atoms with Crippen molar-refractivity contribution in [2.45, 2.75) is 19.8 Å². The SMILES string of the molecule is CC(=O)c1cccc(NC(=O)CCc2ccc3oc(=O)[nH]c3c2)c1. The Balaban J connectivity index is 1.63. The zero-order valence-electron chi connectivity index (χ0n) is 13.1. The summed E-state index contributed by atoms with van der Waals surface area (Å²) in [6.07, 6.45) is 0.819. The number of benzene rings is 2. The number of aromatic nitrogens is 1. The lowest BCUT2D eigenvalue weighted by molar-refractivity contribution is -0.116. The Morgan fingerprint density at radius 3 is 2.79 bits per heavy atom. The summed E-state index contributed by atoms with van der Waals surface area (Å²) in [5.74, 6) is -0.685. The quantitative estimate of drug-likeness (QED) is 0.706. The Labute approximate surface area is 137 Å². The Hall–Kier alpha value is -3.15. The van der Waals surface area contributed by atoms with E-state index in [0.717, 1.165) is 5.56 Å². The van der Waals surface area contributed by atoms with Gasteiger partial charge in [-0.15, -0.1) is 0 Å². The highest BCUT2D eigenvalue weighted by Crippen LogP contribution is 2.15. The third-order valence-corrected chi connectivity index (χ3v) is 3.68. The summed E-state index contributed by atoms with van der Waals surface area (Å²) in [5.41, 5.74) is 3.19. The lowest BCUT2D eigenvalue weighted by Gasteiger charge is -2.06. The maximum absolute atomic E-state index is 12.1. The summed E-state index contributed by atoms with van der Waals surface area (Å²) in [6.45, 7) is 1.48. The molecule has 1 heterocycles. The number of carbonyl (C=O) groups excluding carboxylic acids is 2. The standard InChI is InChI=1S/C18H16N2O4/c1-11(21)13-3-2-4-14(10-13)19-17(22)8-6-12-5-7-16-15(9-12)20-18(23)24-16/h2-5,7,9-10H,6,8H2,1H3,(H,19,22)(H,20,23). The molecule has 0 aliphatic heterocycles. The molecule has 2 aromatic carbocycles. The van der Waals surface area contributed by atoms with Crippen LogP contribution in [0.3, 0.4) is 0 Å². The summed E-state index contributed by atoms with van der Waals surface area (Å²) >= 11 is 0.